The lowest BCUT2D eigenvalue weighted by Gasteiger charge is -2.36. The molecule has 0 aromatic heterocycles. The SMILES string of the molecule is COC(=O)[C@@H]1CC(C)(C)C2CC(=O)CC(=O)N21. The van der Waals surface area contributed by atoms with E-state index < -0.39 is 6.04 Å². The predicted molar refractivity (Wildman–Crippen MR) is 59.1 cm³/mol. The van der Waals surface area contributed by atoms with Crippen molar-refractivity contribution >= 4 is 17.7 Å². The molecule has 1 amide bonds. The first-order valence-corrected chi connectivity index (χ1v) is 5.77. The van der Waals surface area contributed by atoms with Gasteiger partial charge in [0.05, 0.1) is 13.5 Å². The van der Waals surface area contributed by atoms with Gasteiger partial charge in [-0.3, -0.25) is 9.59 Å². The maximum atomic E-state index is 11.9. The number of Topliss-reactive ketones (excluding diaryl/α,β-unsaturated/α-hetero) is 1. The number of hydrogen-bond acceptors (Lipinski definition) is 4. The summed E-state index contributed by atoms with van der Waals surface area (Å²) >= 11 is 0. The summed E-state index contributed by atoms with van der Waals surface area (Å²) in [6.07, 6.45) is 0.829. The highest BCUT2D eigenvalue weighted by Gasteiger charge is 2.54. The van der Waals surface area contributed by atoms with Crippen molar-refractivity contribution in [3.8, 4) is 0 Å². The summed E-state index contributed by atoms with van der Waals surface area (Å²) in [5.41, 5.74) is -0.218. The molecule has 0 spiro atoms. The first kappa shape index (κ1) is 12.1. The van der Waals surface area contributed by atoms with Crippen LogP contribution in [0, 0.1) is 5.41 Å². The fourth-order valence-electron chi connectivity index (χ4n) is 2.93. The zero-order chi connectivity index (χ0) is 12.8. The number of piperidine rings is 1. The van der Waals surface area contributed by atoms with Crippen molar-refractivity contribution in [3.05, 3.63) is 0 Å². The van der Waals surface area contributed by atoms with Gasteiger partial charge >= 0.3 is 5.97 Å². The van der Waals surface area contributed by atoms with Crippen molar-refractivity contribution in [1.82, 2.24) is 4.90 Å². The Bertz CT molecular complexity index is 388. The number of ketones is 1. The van der Waals surface area contributed by atoms with Crippen LogP contribution in [-0.4, -0.2) is 41.8 Å². The smallest absolute Gasteiger partial charge is 0.328 e. The molecule has 5 heteroatoms. The molecular weight excluding hydrogens is 222 g/mol. The zero-order valence-electron chi connectivity index (χ0n) is 10.4. The van der Waals surface area contributed by atoms with Gasteiger partial charge in [0.1, 0.15) is 11.8 Å². The Morgan fingerprint density at radius 3 is 2.65 bits per heavy atom. The standard InChI is InChI=1S/C12H17NO4/c1-12(2)6-8(11(16)17-3)13-9(12)4-7(14)5-10(13)15/h8-9H,4-6H2,1-3H3/t8-,9?/m0/s1. The van der Waals surface area contributed by atoms with Gasteiger partial charge in [0.15, 0.2) is 0 Å². The molecule has 2 heterocycles. The Morgan fingerprint density at radius 2 is 2.06 bits per heavy atom. The van der Waals surface area contributed by atoms with Gasteiger partial charge in [0.25, 0.3) is 0 Å². The highest BCUT2D eigenvalue weighted by atomic mass is 16.5. The molecule has 2 rings (SSSR count). The van der Waals surface area contributed by atoms with E-state index in [-0.39, 0.29) is 35.5 Å². The molecule has 5 nitrogen and oxygen atoms in total. The molecule has 2 fully saturated rings. The molecule has 0 saturated carbocycles. The van der Waals surface area contributed by atoms with Gasteiger partial charge in [-0.2, -0.15) is 0 Å². The molecule has 1 unspecified atom stereocenters. The summed E-state index contributed by atoms with van der Waals surface area (Å²) < 4.78 is 4.73. The number of ether oxygens (including phenoxy) is 1. The zero-order valence-corrected chi connectivity index (χ0v) is 10.4. The highest BCUT2D eigenvalue weighted by Crippen LogP contribution is 2.44. The van der Waals surface area contributed by atoms with E-state index in [1.165, 1.54) is 7.11 Å². The van der Waals surface area contributed by atoms with E-state index in [1.807, 2.05) is 13.8 Å². The topological polar surface area (TPSA) is 63.7 Å². The van der Waals surface area contributed by atoms with Gasteiger partial charge < -0.3 is 9.64 Å². The Kier molecular flexibility index (Phi) is 2.72. The number of fused-ring (bicyclic) bond motifs is 1. The van der Waals surface area contributed by atoms with Gasteiger partial charge in [-0.25, -0.2) is 4.79 Å². The van der Waals surface area contributed by atoms with E-state index in [9.17, 15) is 14.4 Å². The number of carbonyl (C=O) groups is 3. The van der Waals surface area contributed by atoms with Crippen LogP contribution in [0.3, 0.4) is 0 Å². The van der Waals surface area contributed by atoms with Crippen molar-refractivity contribution < 1.29 is 19.1 Å². The lowest BCUT2D eigenvalue weighted by atomic mass is 9.80. The van der Waals surface area contributed by atoms with Crippen molar-refractivity contribution in [2.24, 2.45) is 5.41 Å². The minimum Gasteiger partial charge on any atom is -0.467 e. The van der Waals surface area contributed by atoms with E-state index in [4.69, 9.17) is 4.74 Å². The number of nitrogens with zero attached hydrogens (tertiary/aromatic N) is 1. The van der Waals surface area contributed by atoms with Crippen molar-refractivity contribution in [1.29, 1.82) is 0 Å². The molecule has 0 radical (unpaired) electrons. The van der Waals surface area contributed by atoms with Crippen LogP contribution < -0.4 is 0 Å². The van der Waals surface area contributed by atoms with Crippen LogP contribution in [0.4, 0.5) is 0 Å². The van der Waals surface area contributed by atoms with Gasteiger partial charge in [0, 0.05) is 12.5 Å². The lowest BCUT2D eigenvalue weighted by molar-refractivity contribution is -0.155. The summed E-state index contributed by atoms with van der Waals surface area (Å²) in [5, 5.41) is 0. The number of amides is 1. The molecule has 0 N–H and O–H groups in total. The summed E-state index contributed by atoms with van der Waals surface area (Å²) in [4.78, 5) is 36.6. The van der Waals surface area contributed by atoms with Crippen molar-refractivity contribution in [2.75, 3.05) is 7.11 Å². The van der Waals surface area contributed by atoms with E-state index in [1.54, 1.807) is 4.90 Å². The number of methoxy groups -OCH3 is 1. The number of carbonyl (C=O) groups excluding carboxylic acids is 3. The van der Waals surface area contributed by atoms with E-state index in [0.717, 1.165) is 0 Å². The van der Waals surface area contributed by atoms with Gasteiger partial charge in [-0.1, -0.05) is 13.8 Å². The third-order valence-electron chi connectivity index (χ3n) is 3.82. The Morgan fingerprint density at radius 1 is 1.41 bits per heavy atom. The van der Waals surface area contributed by atoms with Crippen LogP contribution >= 0.6 is 0 Å². The van der Waals surface area contributed by atoms with Crippen LogP contribution in [-0.2, 0) is 19.1 Å². The van der Waals surface area contributed by atoms with Crippen LogP contribution in [0.2, 0.25) is 0 Å². The second-order valence-corrected chi connectivity index (χ2v) is 5.47. The highest BCUT2D eigenvalue weighted by molar-refractivity contribution is 6.02. The molecule has 2 aliphatic heterocycles. The number of rotatable bonds is 1. The van der Waals surface area contributed by atoms with Crippen LogP contribution in [0.25, 0.3) is 0 Å². The molecule has 0 aliphatic carbocycles. The Hall–Kier alpha value is -1.39. The van der Waals surface area contributed by atoms with Crippen LogP contribution in [0.15, 0.2) is 0 Å². The molecule has 0 aromatic rings. The summed E-state index contributed by atoms with van der Waals surface area (Å²) in [6, 6.07) is -0.694. The molecule has 2 aliphatic rings. The molecule has 0 bridgehead atoms. The molecule has 2 atom stereocenters. The first-order valence-electron chi connectivity index (χ1n) is 5.77. The molecule has 2 saturated heterocycles. The second kappa shape index (κ2) is 3.82. The molecular formula is C12H17NO4. The molecule has 17 heavy (non-hydrogen) atoms. The van der Waals surface area contributed by atoms with Crippen LogP contribution in [0.1, 0.15) is 33.1 Å². The van der Waals surface area contributed by atoms with Crippen molar-refractivity contribution in [2.45, 2.75) is 45.2 Å². The minimum absolute atomic E-state index is 0.0326. The van der Waals surface area contributed by atoms with E-state index >= 15 is 0 Å². The monoisotopic (exact) mass is 239 g/mol. The third-order valence-corrected chi connectivity index (χ3v) is 3.82. The minimum atomic E-state index is -0.527. The summed E-state index contributed by atoms with van der Waals surface area (Å²) in [6.45, 7) is 3.97. The predicted octanol–water partition coefficient (Wildman–Crippen LogP) is 0.518. The van der Waals surface area contributed by atoms with Crippen LogP contribution in [0.5, 0.6) is 0 Å². The largest absolute Gasteiger partial charge is 0.467 e. The van der Waals surface area contributed by atoms with Gasteiger partial charge in [-0.15, -0.1) is 0 Å². The maximum absolute atomic E-state index is 11.9. The fraction of sp³-hybridized carbons (Fsp3) is 0.750. The Balaban J connectivity index is 2.33. The molecule has 94 valence electrons. The average molecular weight is 239 g/mol. The quantitative estimate of drug-likeness (QED) is 0.494. The first-order chi connectivity index (χ1) is 7.86. The lowest BCUT2D eigenvalue weighted by Crippen LogP contribution is -2.51. The van der Waals surface area contributed by atoms with Gasteiger partial charge in [-0.05, 0) is 11.8 Å². The van der Waals surface area contributed by atoms with E-state index in [0.29, 0.717) is 12.8 Å². The normalized spacial score (nSPS) is 31.4. The maximum Gasteiger partial charge on any atom is 0.328 e. The van der Waals surface area contributed by atoms with Gasteiger partial charge in [0.2, 0.25) is 5.91 Å². The van der Waals surface area contributed by atoms with E-state index in [2.05, 4.69) is 0 Å². The summed E-state index contributed by atoms with van der Waals surface area (Å²) in [5.74, 6) is -0.662. The molecule has 0 aromatic carbocycles. The third kappa shape index (κ3) is 1.83. The average Bonchev–Trinajstić information content (AvgIpc) is 2.50. The second-order valence-electron chi connectivity index (χ2n) is 5.47. The number of hydrogen-bond donors (Lipinski definition) is 0. The fourth-order valence-corrected chi connectivity index (χ4v) is 2.93. The summed E-state index contributed by atoms with van der Waals surface area (Å²) in [7, 11) is 1.32. The number of esters is 1. The Labute approximate surface area is 100 Å². The van der Waals surface area contributed by atoms with Crippen molar-refractivity contribution in [3.63, 3.8) is 0 Å².